The summed E-state index contributed by atoms with van der Waals surface area (Å²) in [6.45, 7) is 2.15. The molecule has 0 unspecified atom stereocenters. The van der Waals surface area contributed by atoms with Gasteiger partial charge in [0, 0.05) is 17.0 Å². The number of anilines is 1. The fourth-order valence-electron chi connectivity index (χ4n) is 1.53. The molecule has 4 nitrogen and oxygen atoms in total. The van der Waals surface area contributed by atoms with Crippen LogP contribution < -0.4 is 5.73 Å². The van der Waals surface area contributed by atoms with E-state index in [1.54, 1.807) is 11.8 Å². The van der Waals surface area contributed by atoms with Gasteiger partial charge in [0.05, 0.1) is 5.75 Å². The quantitative estimate of drug-likeness (QED) is 0.640. The molecular formula is C13H17N3OS. The van der Waals surface area contributed by atoms with Gasteiger partial charge in [-0.2, -0.15) is 4.98 Å². The molecule has 2 aromatic rings. The maximum absolute atomic E-state index is 5.72. The summed E-state index contributed by atoms with van der Waals surface area (Å²) < 4.78 is 5.20. The average molecular weight is 263 g/mol. The van der Waals surface area contributed by atoms with Gasteiger partial charge in [-0.3, -0.25) is 0 Å². The van der Waals surface area contributed by atoms with E-state index < -0.39 is 0 Å². The van der Waals surface area contributed by atoms with Crippen molar-refractivity contribution in [3.05, 3.63) is 36.0 Å². The van der Waals surface area contributed by atoms with Gasteiger partial charge in [0.2, 0.25) is 5.89 Å². The number of unbranched alkanes of at least 4 members (excludes halogenated alkanes) is 1. The number of thioether (sulfide) groups is 1. The second-order valence-electron chi connectivity index (χ2n) is 4.07. The Morgan fingerprint density at radius 1 is 1.39 bits per heavy atom. The topological polar surface area (TPSA) is 64.9 Å². The number of rotatable bonds is 6. The number of hydrogen-bond acceptors (Lipinski definition) is 5. The summed E-state index contributed by atoms with van der Waals surface area (Å²) in [5.74, 6) is 2.16. The van der Waals surface area contributed by atoms with Crippen LogP contribution in [0.1, 0.15) is 31.5 Å². The summed E-state index contributed by atoms with van der Waals surface area (Å²) >= 11 is 1.65. The highest BCUT2D eigenvalue weighted by Gasteiger charge is 2.06. The molecule has 0 aliphatic rings. The van der Waals surface area contributed by atoms with Crippen LogP contribution in [0, 0.1) is 0 Å². The zero-order valence-electron chi connectivity index (χ0n) is 10.4. The fraction of sp³-hybridized carbons (Fsp3) is 0.385. The van der Waals surface area contributed by atoms with Crippen LogP contribution in [-0.4, -0.2) is 10.1 Å². The minimum Gasteiger partial charge on any atom is -0.399 e. The van der Waals surface area contributed by atoms with Crippen molar-refractivity contribution >= 4 is 17.4 Å². The van der Waals surface area contributed by atoms with E-state index in [2.05, 4.69) is 17.1 Å². The molecule has 1 heterocycles. The molecule has 5 heteroatoms. The van der Waals surface area contributed by atoms with Crippen LogP contribution >= 0.6 is 11.8 Å². The van der Waals surface area contributed by atoms with Crippen molar-refractivity contribution < 1.29 is 4.52 Å². The lowest BCUT2D eigenvalue weighted by Gasteiger charge is -1.99. The molecule has 2 rings (SSSR count). The lowest BCUT2D eigenvalue weighted by atomic mass is 10.2. The van der Waals surface area contributed by atoms with Crippen molar-refractivity contribution in [2.45, 2.75) is 36.8 Å². The van der Waals surface area contributed by atoms with Crippen molar-refractivity contribution in [3.8, 4) is 0 Å². The molecule has 1 aromatic carbocycles. The van der Waals surface area contributed by atoms with Gasteiger partial charge in [-0.25, -0.2) is 0 Å². The molecule has 96 valence electrons. The number of benzene rings is 1. The van der Waals surface area contributed by atoms with Crippen molar-refractivity contribution in [2.75, 3.05) is 5.73 Å². The molecule has 0 saturated carbocycles. The van der Waals surface area contributed by atoms with Crippen molar-refractivity contribution in [2.24, 2.45) is 0 Å². The van der Waals surface area contributed by atoms with Crippen LogP contribution in [0.4, 0.5) is 5.69 Å². The minimum atomic E-state index is 0.675. The summed E-state index contributed by atoms with van der Waals surface area (Å²) in [6.07, 6.45) is 3.13. The molecule has 0 radical (unpaired) electrons. The molecule has 0 aliphatic heterocycles. The fourth-order valence-corrected chi connectivity index (χ4v) is 2.34. The maximum Gasteiger partial charge on any atom is 0.237 e. The van der Waals surface area contributed by atoms with E-state index >= 15 is 0 Å². The summed E-state index contributed by atoms with van der Waals surface area (Å²) in [6, 6.07) is 7.78. The largest absolute Gasteiger partial charge is 0.399 e. The van der Waals surface area contributed by atoms with E-state index in [4.69, 9.17) is 10.3 Å². The molecule has 0 amide bonds. The van der Waals surface area contributed by atoms with Crippen molar-refractivity contribution in [1.29, 1.82) is 0 Å². The third-order valence-corrected chi connectivity index (χ3v) is 3.46. The van der Waals surface area contributed by atoms with Gasteiger partial charge in [-0.1, -0.05) is 24.6 Å². The Morgan fingerprint density at radius 3 is 3.06 bits per heavy atom. The number of aromatic nitrogens is 2. The lowest BCUT2D eigenvalue weighted by molar-refractivity contribution is 0.384. The molecule has 0 aliphatic carbocycles. The summed E-state index contributed by atoms with van der Waals surface area (Å²) in [5, 5.41) is 3.96. The summed E-state index contributed by atoms with van der Waals surface area (Å²) in [7, 11) is 0. The summed E-state index contributed by atoms with van der Waals surface area (Å²) in [5.41, 5.74) is 6.49. The van der Waals surface area contributed by atoms with Gasteiger partial charge in [-0.05, 0) is 24.6 Å². The van der Waals surface area contributed by atoms with E-state index in [9.17, 15) is 0 Å². The van der Waals surface area contributed by atoms with Crippen LogP contribution in [0.2, 0.25) is 0 Å². The highest BCUT2D eigenvalue weighted by Crippen LogP contribution is 2.23. The standard InChI is InChI=1S/C13H17N3OS/c1-2-3-7-12-15-13(17-16-12)9-18-11-6-4-5-10(14)8-11/h4-6,8H,2-3,7,9,14H2,1H3. The van der Waals surface area contributed by atoms with Crippen LogP contribution in [0.3, 0.4) is 0 Å². The van der Waals surface area contributed by atoms with Gasteiger partial charge < -0.3 is 10.3 Å². The average Bonchev–Trinajstić information content (AvgIpc) is 2.82. The Balaban J connectivity index is 1.88. The predicted molar refractivity (Wildman–Crippen MR) is 73.3 cm³/mol. The van der Waals surface area contributed by atoms with Crippen molar-refractivity contribution in [1.82, 2.24) is 10.1 Å². The molecule has 0 bridgehead atoms. The number of nitrogen functional groups attached to an aromatic ring is 1. The Hall–Kier alpha value is -1.49. The zero-order valence-corrected chi connectivity index (χ0v) is 11.2. The maximum atomic E-state index is 5.72. The summed E-state index contributed by atoms with van der Waals surface area (Å²) in [4.78, 5) is 5.47. The number of nitrogens with two attached hydrogens (primary N) is 1. The van der Waals surface area contributed by atoms with Crippen LogP contribution in [0.15, 0.2) is 33.7 Å². The predicted octanol–water partition coefficient (Wildman–Crippen LogP) is 3.29. The minimum absolute atomic E-state index is 0.675. The molecule has 0 saturated heterocycles. The highest BCUT2D eigenvalue weighted by molar-refractivity contribution is 7.98. The SMILES string of the molecule is CCCCc1noc(CSc2cccc(N)c2)n1. The zero-order chi connectivity index (χ0) is 12.8. The van der Waals surface area contributed by atoms with Gasteiger partial charge in [0.15, 0.2) is 5.82 Å². The van der Waals surface area contributed by atoms with E-state index in [1.807, 2.05) is 24.3 Å². The Labute approximate surface area is 111 Å². The molecule has 2 N–H and O–H groups in total. The molecule has 0 fully saturated rings. The lowest BCUT2D eigenvalue weighted by Crippen LogP contribution is -1.88. The molecule has 0 spiro atoms. The van der Waals surface area contributed by atoms with Gasteiger partial charge in [-0.15, -0.1) is 11.8 Å². The van der Waals surface area contributed by atoms with Gasteiger partial charge >= 0.3 is 0 Å². The number of aryl methyl sites for hydroxylation is 1. The third-order valence-electron chi connectivity index (χ3n) is 2.48. The van der Waals surface area contributed by atoms with Crippen molar-refractivity contribution in [3.63, 3.8) is 0 Å². The number of hydrogen-bond donors (Lipinski definition) is 1. The van der Waals surface area contributed by atoms with E-state index in [0.29, 0.717) is 11.6 Å². The molecule has 18 heavy (non-hydrogen) atoms. The Kier molecular flexibility index (Phi) is 4.64. The first-order valence-electron chi connectivity index (χ1n) is 6.07. The van der Waals surface area contributed by atoms with Gasteiger partial charge in [0.1, 0.15) is 0 Å². The normalized spacial score (nSPS) is 10.7. The second-order valence-corrected chi connectivity index (χ2v) is 5.12. The first kappa shape index (κ1) is 13.0. The third kappa shape index (κ3) is 3.77. The first-order chi connectivity index (χ1) is 8.78. The van der Waals surface area contributed by atoms with E-state index in [0.717, 1.165) is 35.7 Å². The van der Waals surface area contributed by atoms with Crippen LogP contribution in [0.25, 0.3) is 0 Å². The monoisotopic (exact) mass is 263 g/mol. The van der Waals surface area contributed by atoms with E-state index in [1.165, 1.54) is 0 Å². The van der Waals surface area contributed by atoms with Crippen LogP contribution in [0.5, 0.6) is 0 Å². The second kappa shape index (κ2) is 6.44. The smallest absolute Gasteiger partial charge is 0.237 e. The molecule has 0 atom stereocenters. The number of nitrogens with zero attached hydrogens (tertiary/aromatic N) is 2. The van der Waals surface area contributed by atoms with Gasteiger partial charge in [0.25, 0.3) is 0 Å². The first-order valence-corrected chi connectivity index (χ1v) is 7.06. The Morgan fingerprint density at radius 2 is 2.28 bits per heavy atom. The Bertz CT molecular complexity index is 498. The van der Waals surface area contributed by atoms with E-state index in [-0.39, 0.29) is 0 Å². The highest BCUT2D eigenvalue weighted by atomic mass is 32.2. The molecule has 1 aromatic heterocycles. The molecular weight excluding hydrogens is 246 g/mol. The van der Waals surface area contributed by atoms with Crippen LogP contribution in [-0.2, 0) is 12.2 Å².